The number of hydrogen-bond donors (Lipinski definition) is 0. The Morgan fingerprint density at radius 1 is 0.800 bits per heavy atom. The van der Waals surface area contributed by atoms with E-state index in [0.717, 1.165) is 20.3 Å². The summed E-state index contributed by atoms with van der Waals surface area (Å²) < 4.78 is 2.09. The predicted molar refractivity (Wildman–Crippen MR) is 70.6 cm³/mol. The van der Waals surface area contributed by atoms with E-state index < -0.39 is 0 Å². The summed E-state index contributed by atoms with van der Waals surface area (Å²) in [4.78, 5) is 8.41. The van der Waals surface area contributed by atoms with Gasteiger partial charge in [0.05, 0.1) is 0 Å². The highest BCUT2D eigenvalue weighted by Gasteiger charge is 2.11. The van der Waals surface area contributed by atoms with Crippen molar-refractivity contribution in [1.82, 2.24) is 9.97 Å². The molecule has 0 atom stereocenters. The number of rotatable bonds is 1. The van der Waals surface area contributed by atoms with Crippen LogP contribution in [-0.4, -0.2) is 9.97 Å². The third kappa shape index (κ3) is 2.46. The van der Waals surface area contributed by atoms with Crippen molar-refractivity contribution < 1.29 is 0 Å². The Labute approximate surface area is 113 Å². The molecular weight excluding hydrogens is 388 g/mol. The van der Waals surface area contributed by atoms with Gasteiger partial charge >= 0.3 is 0 Å². The van der Waals surface area contributed by atoms with Crippen LogP contribution >= 0.6 is 47.8 Å². The maximum atomic E-state index is 4.20. The molecule has 0 aliphatic carbocycles. The molecule has 0 N–H and O–H groups in total. The fourth-order valence-corrected chi connectivity index (χ4v) is 3.49. The molecule has 76 valence electrons. The average molecular weight is 393 g/mol. The van der Waals surface area contributed by atoms with Crippen molar-refractivity contribution in [2.75, 3.05) is 0 Å². The van der Waals surface area contributed by atoms with E-state index >= 15 is 0 Å². The molecule has 0 radical (unpaired) electrons. The zero-order chi connectivity index (χ0) is 10.8. The predicted octanol–water partition coefficient (Wildman–Crippen LogP) is 4.43. The van der Waals surface area contributed by atoms with E-state index in [0.29, 0.717) is 4.73 Å². The van der Waals surface area contributed by atoms with Crippen molar-refractivity contribution in [2.24, 2.45) is 0 Å². The lowest BCUT2D eigenvalue weighted by Gasteiger charge is -2.06. The first-order valence-corrected chi connectivity index (χ1v) is 6.50. The van der Waals surface area contributed by atoms with Gasteiger partial charge in [-0.15, -0.1) is 0 Å². The minimum atomic E-state index is 0.556. The van der Waals surface area contributed by atoms with Crippen LogP contribution in [0.4, 0.5) is 0 Å². The van der Waals surface area contributed by atoms with Gasteiger partial charge < -0.3 is 0 Å². The van der Waals surface area contributed by atoms with Crippen molar-refractivity contribution in [1.29, 1.82) is 0 Å². The largest absolute Gasteiger partial charge is 0.214 e. The number of hydrogen-bond acceptors (Lipinski definition) is 2. The Morgan fingerprint density at radius 3 is 1.87 bits per heavy atom. The number of halogens is 3. The first kappa shape index (κ1) is 11.2. The zero-order valence-corrected chi connectivity index (χ0v) is 12.2. The SMILES string of the molecule is Brc1nc(Br)c(-c2ccccc2)c(Br)n1. The quantitative estimate of drug-likeness (QED) is 0.530. The van der Waals surface area contributed by atoms with E-state index in [1.807, 2.05) is 30.3 Å². The molecule has 2 rings (SSSR count). The summed E-state index contributed by atoms with van der Waals surface area (Å²) >= 11 is 10.1. The highest BCUT2D eigenvalue weighted by molar-refractivity contribution is 9.11. The Morgan fingerprint density at radius 2 is 1.33 bits per heavy atom. The van der Waals surface area contributed by atoms with Gasteiger partial charge in [-0.2, -0.15) is 0 Å². The molecular formula is C10H5Br3N2. The molecule has 2 nitrogen and oxygen atoms in total. The molecule has 0 aliphatic rings. The highest BCUT2D eigenvalue weighted by Crippen LogP contribution is 2.33. The van der Waals surface area contributed by atoms with Crippen molar-refractivity contribution in [2.45, 2.75) is 0 Å². The van der Waals surface area contributed by atoms with Gasteiger partial charge in [0, 0.05) is 5.56 Å². The minimum absolute atomic E-state index is 0.556. The molecule has 0 unspecified atom stereocenters. The first-order chi connectivity index (χ1) is 7.18. The van der Waals surface area contributed by atoms with Crippen molar-refractivity contribution in [3.8, 4) is 11.1 Å². The third-order valence-electron chi connectivity index (χ3n) is 1.86. The van der Waals surface area contributed by atoms with Gasteiger partial charge in [-0.1, -0.05) is 30.3 Å². The van der Waals surface area contributed by atoms with Gasteiger partial charge in [-0.05, 0) is 53.4 Å². The lowest BCUT2D eigenvalue weighted by Crippen LogP contribution is -1.91. The summed E-state index contributed by atoms with van der Waals surface area (Å²) in [6.45, 7) is 0. The van der Waals surface area contributed by atoms with Crippen LogP contribution in [0.2, 0.25) is 0 Å². The van der Waals surface area contributed by atoms with Crippen LogP contribution in [0.25, 0.3) is 11.1 Å². The summed E-state index contributed by atoms with van der Waals surface area (Å²) in [5.74, 6) is 0. The summed E-state index contributed by atoms with van der Waals surface area (Å²) in [7, 11) is 0. The van der Waals surface area contributed by atoms with E-state index in [-0.39, 0.29) is 0 Å². The van der Waals surface area contributed by atoms with Crippen molar-refractivity contribution >= 4 is 47.8 Å². The second-order valence-corrected chi connectivity index (χ2v) is 5.03. The molecule has 5 heteroatoms. The number of benzene rings is 1. The third-order valence-corrected chi connectivity index (χ3v) is 3.36. The summed E-state index contributed by atoms with van der Waals surface area (Å²) in [5, 5.41) is 0. The standard InChI is InChI=1S/C10H5Br3N2/c11-8-7(6-4-2-1-3-5-6)9(12)15-10(13)14-8/h1-5H. The lowest BCUT2D eigenvalue weighted by molar-refractivity contribution is 1.07. The van der Waals surface area contributed by atoms with Gasteiger partial charge in [0.15, 0.2) is 4.73 Å². The molecule has 2 aromatic rings. The van der Waals surface area contributed by atoms with Gasteiger partial charge in [-0.25, -0.2) is 9.97 Å². The highest BCUT2D eigenvalue weighted by atomic mass is 79.9. The molecule has 0 aliphatic heterocycles. The molecule has 0 saturated carbocycles. The second-order valence-electron chi connectivity index (χ2n) is 2.82. The monoisotopic (exact) mass is 390 g/mol. The molecule has 0 fully saturated rings. The Balaban J connectivity index is 2.64. The number of nitrogens with zero attached hydrogens (tertiary/aromatic N) is 2. The maximum Gasteiger partial charge on any atom is 0.198 e. The molecule has 0 bridgehead atoms. The smallest absolute Gasteiger partial charge is 0.198 e. The van der Waals surface area contributed by atoms with Crippen LogP contribution < -0.4 is 0 Å². The molecule has 1 aromatic heterocycles. The fraction of sp³-hybridized carbons (Fsp3) is 0. The second kappa shape index (κ2) is 4.72. The van der Waals surface area contributed by atoms with Gasteiger partial charge in [-0.3, -0.25) is 0 Å². The van der Waals surface area contributed by atoms with E-state index in [4.69, 9.17) is 0 Å². The van der Waals surface area contributed by atoms with Gasteiger partial charge in [0.1, 0.15) is 9.21 Å². The number of aromatic nitrogens is 2. The van der Waals surface area contributed by atoms with Crippen LogP contribution in [-0.2, 0) is 0 Å². The van der Waals surface area contributed by atoms with Crippen LogP contribution in [0.15, 0.2) is 44.3 Å². The van der Waals surface area contributed by atoms with Crippen molar-refractivity contribution in [3.05, 3.63) is 44.3 Å². The molecule has 0 amide bonds. The molecule has 0 spiro atoms. The van der Waals surface area contributed by atoms with Crippen LogP contribution in [0, 0.1) is 0 Å². The minimum Gasteiger partial charge on any atom is -0.214 e. The van der Waals surface area contributed by atoms with Crippen LogP contribution in [0.3, 0.4) is 0 Å². The fourth-order valence-electron chi connectivity index (χ4n) is 1.23. The molecule has 15 heavy (non-hydrogen) atoms. The Kier molecular flexibility index (Phi) is 3.53. The van der Waals surface area contributed by atoms with E-state index in [9.17, 15) is 0 Å². The molecule has 1 heterocycles. The van der Waals surface area contributed by atoms with E-state index in [1.165, 1.54) is 0 Å². The van der Waals surface area contributed by atoms with Crippen molar-refractivity contribution in [3.63, 3.8) is 0 Å². The zero-order valence-electron chi connectivity index (χ0n) is 7.42. The van der Waals surface area contributed by atoms with Crippen LogP contribution in [0.1, 0.15) is 0 Å². The maximum absolute atomic E-state index is 4.20. The molecule has 0 saturated heterocycles. The Hall–Kier alpha value is -0.260. The van der Waals surface area contributed by atoms with E-state index in [2.05, 4.69) is 57.8 Å². The average Bonchev–Trinajstić information content (AvgIpc) is 2.17. The van der Waals surface area contributed by atoms with E-state index in [1.54, 1.807) is 0 Å². The topological polar surface area (TPSA) is 25.8 Å². The molecule has 1 aromatic carbocycles. The summed E-state index contributed by atoms with van der Waals surface area (Å²) in [6.07, 6.45) is 0. The summed E-state index contributed by atoms with van der Waals surface area (Å²) in [5.41, 5.74) is 2.03. The first-order valence-electron chi connectivity index (χ1n) is 4.12. The normalized spacial score (nSPS) is 10.3. The van der Waals surface area contributed by atoms with Gasteiger partial charge in [0.25, 0.3) is 0 Å². The Bertz CT molecular complexity index is 462. The van der Waals surface area contributed by atoms with Crippen LogP contribution in [0.5, 0.6) is 0 Å². The summed E-state index contributed by atoms with van der Waals surface area (Å²) in [6, 6.07) is 9.97. The van der Waals surface area contributed by atoms with Gasteiger partial charge in [0.2, 0.25) is 0 Å². The lowest BCUT2D eigenvalue weighted by atomic mass is 10.1.